The minimum absolute atomic E-state index is 0.266. The number of likely N-dealkylation sites (tertiary alicyclic amines) is 1. The van der Waals surface area contributed by atoms with Crippen molar-refractivity contribution in [3.63, 3.8) is 0 Å². The summed E-state index contributed by atoms with van der Waals surface area (Å²) in [7, 11) is -3.51. The minimum atomic E-state index is -3.51. The van der Waals surface area contributed by atoms with Gasteiger partial charge in [-0.15, -0.1) is 0 Å². The number of hydrogen-bond acceptors (Lipinski definition) is 5. The van der Waals surface area contributed by atoms with Crippen molar-refractivity contribution in [3.05, 3.63) is 18.2 Å². The van der Waals surface area contributed by atoms with Gasteiger partial charge in [-0.2, -0.15) is 4.31 Å². The van der Waals surface area contributed by atoms with Gasteiger partial charge in [0.1, 0.15) is 0 Å². The molecule has 1 aromatic carbocycles. The van der Waals surface area contributed by atoms with Crippen LogP contribution in [0.25, 0.3) is 11.0 Å². The maximum Gasteiger partial charge on any atom is 0.243 e. The molecule has 0 aliphatic carbocycles. The third-order valence-electron chi connectivity index (χ3n) is 5.74. The van der Waals surface area contributed by atoms with Gasteiger partial charge in [-0.05, 0) is 37.5 Å². The van der Waals surface area contributed by atoms with Gasteiger partial charge in [-0.25, -0.2) is 13.4 Å². The number of imidazole rings is 1. The molecule has 0 saturated carbocycles. The molecule has 31 heavy (non-hydrogen) atoms. The van der Waals surface area contributed by atoms with E-state index in [0.717, 1.165) is 67.3 Å². The first-order valence-electron chi connectivity index (χ1n) is 11.3. The number of carbonyl (C=O) groups is 1. The van der Waals surface area contributed by atoms with Gasteiger partial charge in [0.2, 0.25) is 15.9 Å². The molecular weight excluding hydrogens is 432 g/mol. The second-order valence-electron chi connectivity index (χ2n) is 7.83. The summed E-state index contributed by atoms with van der Waals surface area (Å²) < 4.78 is 29.5. The molecule has 3 rings (SSSR count). The molecule has 9 heteroatoms. The quantitative estimate of drug-likeness (QED) is 0.349. The number of aromatic nitrogens is 2. The van der Waals surface area contributed by atoms with E-state index in [4.69, 9.17) is 4.98 Å². The van der Waals surface area contributed by atoms with Crippen molar-refractivity contribution < 1.29 is 13.2 Å². The Kier molecular flexibility index (Phi) is 8.41. The van der Waals surface area contributed by atoms with Crippen molar-refractivity contribution >= 4 is 38.7 Å². The van der Waals surface area contributed by atoms with Crippen molar-refractivity contribution in [2.45, 2.75) is 69.5 Å². The molecule has 0 atom stereocenters. The molecule has 1 saturated heterocycles. The Hall–Kier alpha value is -1.58. The van der Waals surface area contributed by atoms with Gasteiger partial charge in [-0.1, -0.05) is 39.0 Å². The molecule has 1 aliphatic rings. The van der Waals surface area contributed by atoms with Crippen LogP contribution in [0.2, 0.25) is 0 Å². The van der Waals surface area contributed by atoms with E-state index >= 15 is 0 Å². The summed E-state index contributed by atoms with van der Waals surface area (Å²) in [4.78, 5) is 18.8. The normalized spacial score (nSPS) is 15.0. The van der Waals surface area contributed by atoms with Gasteiger partial charge in [0, 0.05) is 44.9 Å². The van der Waals surface area contributed by atoms with Crippen LogP contribution in [0.4, 0.5) is 0 Å². The zero-order valence-electron chi connectivity index (χ0n) is 18.8. The third-order valence-corrected chi connectivity index (χ3v) is 8.85. The molecule has 172 valence electrons. The first-order chi connectivity index (χ1) is 14.9. The maximum absolute atomic E-state index is 12.9. The fourth-order valence-corrected chi connectivity index (χ4v) is 6.41. The van der Waals surface area contributed by atoms with Gasteiger partial charge in [0.25, 0.3) is 0 Å². The number of benzene rings is 1. The average molecular weight is 467 g/mol. The number of aryl methyl sites for hydroxylation is 1. The lowest BCUT2D eigenvalue weighted by atomic mass is 10.3. The fourth-order valence-electron chi connectivity index (χ4n) is 3.96. The van der Waals surface area contributed by atoms with Gasteiger partial charge in [0.15, 0.2) is 5.16 Å². The predicted molar refractivity (Wildman–Crippen MR) is 126 cm³/mol. The molecule has 0 radical (unpaired) electrons. The number of nitrogens with zero attached hydrogens (tertiary/aromatic N) is 4. The van der Waals surface area contributed by atoms with Gasteiger partial charge < -0.3 is 9.47 Å². The molecule has 0 spiro atoms. The highest BCUT2D eigenvalue weighted by Gasteiger charge is 2.23. The van der Waals surface area contributed by atoms with E-state index in [1.165, 1.54) is 4.31 Å². The Morgan fingerprint density at radius 1 is 1.13 bits per heavy atom. The van der Waals surface area contributed by atoms with Crippen LogP contribution in [0.15, 0.2) is 28.3 Å². The van der Waals surface area contributed by atoms with Crippen molar-refractivity contribution in [1.29, 1.82) is 0 Å². The number of carbonyl (C=O) groups excluding carboxylic acids is 1. The Labute approximate surface area is 190 Å². The largest absolute Gasteiger partial charge is 0.343 e. The van der Waals surface area contributed by atoms with Gasteiger partial charge in [-0.3, -0.25) is 4.79 Å². The Bertz CT molecular complexity index is 1000. The molecule has 2 heterocycles. The average Bonchev–Trinajstić information content (AvgIpc) is 3.32. The van der Waals surface area contributed by atoms with Gasteiger partial charge >= 0.3 is 0 Å². The molecule has 0 N–H and O–H groups in total. The lowest BCUT2D eigenvalue weighted by Crippen LogP contribution is -2.30. The first-order valence-corrected chi connectivity index (χ1v) is 13.8. The van der Waals surface area contributed by atoms with Crippen molar-refractivity contribution in [2.24, 2.45) is 0 Å². The second-order valence-corrected chi connectivity index (χ2v) is 10.8. The van der Waals surface area contributed by atoms with Crippen LogP contribution in [0, 0.1) is 0 Å². The van der Waals surface area contributed by atoms with E-state index in [1.807, 2.05) is 24.8 Å². The van der Waals surface area contributed by atoms with Crippen LogP contribution in [0.5, 0.6) is 0 Å². The number of thioether (sulfide) groups is 1. The Morgan fingerprint density at radius 3 is 2.55 bits per heavy atom. The highest BCUT2D eigenvalue weighted by atomic mass is 32.2. The summed E-state index contributed by atoms with van der Waals surface area (Å²) in [6.45, 7) is 9.29. The van der Waals surface area contributed by atoms with Crippen LogP contribution in [-0.2, 0) is 21.4 Å². The molecule has 1 fully saturated rings. The van der Waals surface area contributed by atoms with Crippen molar-refractivity contribution in [2.75, 3.05) is 31.9 Å². The van der Waals surface area contributed by atoms with E-state index in [9.17, 15) is 13.2 Å². The van der Waals surface area contributed by atoms with Crippen LogP contribution in [-0.4, -0.2) is 65.0 Å². The van der Waals surface area contributed by atoms with Crippen LogP contribution in [0.3, 0.4) is 0 Å². The summed E-state index contributed by atoms with van der Waals surface area (Å²) in [6.07, 6.45) is 4.70. The summed E-state index contributed by atoms with van der Waals surface area (Å²) in [5.74, 6) is 1.14. The highest BCUT2D eigenvalue weighted by Crippen LogP contribution is 2.28. The van der Waals surface area contributed by atoms with Crippen LogP contribution < -0.4 is 0 Å². The lowest BCUT2D eigenvalue weighted by molar-refractivity contribution is -0.127. The van der Waals surface area contributed by atoms with Crippen LogP contribution in [0.1, 0.15) is 52.9 Å². The summed E-state index contributed by atoms with van der Waals surface area (Å²) in [5, 5.41) is 0.925. The maximum atomic E-state index is 12.9. The zero-order chi connectivity index (χ0) is 22.4. The van der Waals surface area contributed by atoms with Crippen molar-refractivity contribution in [1.82, 2.24) is 18.8 Å². The standard InChI is InChI=1S/C22H34N4O3S2/c1-4-7-15-26-20-12-11-18(31(28,29)25(5-2)6-3)17-19(20)23-22(26)30-16-9-14-24-13-8-10-21(24)27/h11-12,17H,4-10,13-16H2,1-3H3. The summed E-state index contributed by atoms with van der Waals surface area (Å²) in [5.41, 5.74) is 1.70. The molecule has 0 bridgehead atoms. The molecule has 7 nitrogen and oxygen atoms in total. The second kappa shape index (κ2) is 10.8. The third kappa shape index (κ3) is 5.43. The molecule has 1 aliphatic heterocycles. The van der Waals surface area contributed by atoms with E-state index in [2.05, 4.69) is 11.5 Å². The predicted octanol–water partition coefficient (Wildman–Crippen LogP) is 3.97. The highest BCUT2D eigenvalue weighted by molar-refractivity contribution is 7.99. The number of amides is 1. The molecule has 1 amide bonds. The van der Waals surface area contributed by atoms with E-state index in [1.54, 1.807) is 23.9 Å². The monoisotopic (exact) mass is 466 g/mol. The Balaban J connectivity index is 1.80. The number of rotatable bonds is 12. The van der Waals surface area contributed by atoms with Crippen LogP contribution >= 0.6 is 11.8 Å². The molecular formula is C22H34N4O3S2. The number of sulfonamides is 1. The molecule has 1 aromatic heterocycles. The number of fused-ring (bicyclic) bond motifs is 1. The van der Waals surface area contributed by atoms with E-state index in [0.29, 0.717) is 24.4 Å². The Morgan fingerprint density at radius 2 is 1.90 bits per heavy atom. The molecule has 0 unspecified atom stereocenters. The number of hydrogen-bond donors (Lipinski definition) is 0. The SMILES string of the molecule is CCCCn1c(SCCCN2CCCC2=O)nc2cc(S(=O)(=O)N(CC)CC)ccc21. The van der Waals surface area contributed by atoms with E-state index in [-0.39, 0.29) is 5.91 Å². The van der Waals surface area contributed by atoms with Crippen molar-refractivity contribution in [3.8, 4) is 0 Å². The van der Waals surface area contributed by atoms with E-state index < -0.39 is 10.0 Å². The summed E-state index contributed by atoms with van der Waals surface area (Å²) >= 11 is 1.69. The topological polar surface area (TPSA) is 75.5 Å². The lowest BCUT2D eigenvalue weighted by Gasteiger charge is -2.18. The fraction of sp³-hybridized carbons (Fsp3) is 0.636. The minimum Gasteiger partial charge on any atom is -0.343 e. The smallest absolute Gasteiger partial charge is 0.243 e. The first kappa shape index (κ1) is 24.1. The number of unbranched alkanes of at least 4 members (excludes halogenated alkanes) is 1. The zero-order valence-corrected chi connectivity index (χ0v) is 20.5. The van der Waals surface area contributed by atoms with Gasteiger partial charge in [0.05, 0.1) is 15.9 Å². The molecule has 2 aromatic rings. The summed E-state index contributed by atoms with van der Waals surface area (Å²) in [6, 6.07) is 5.30.